The Bertz CT molecular complexity index is 1180. The van der Waals surface area contributed by atoms with Crippen molar-refractivity contribution in [1.82, 2.24) is 10.4 Å². The fourth-order valence-corrected chi connectivity index (χ4v) is 3.39. The third-order valence-electron chi connectivity index (χ3n) is 4.33. The molecule has 0 saturated heterocycles. The number of hydrogen-bond donors (Lipinski definition) is 2. The molecule has 0 atom stereocenters. The molecule has 0 radical (unpaired) electrons. The van der Waals surface area contributed by atoms with Crippen LogP contribution in [-0.4, -0.2) is 17.1 Å². The first-order chi connectivity index (χ1) is 13.6. The average Bonchev–Trinajstić information content (AvgIpc) is 3.08. The van der Waals surface area contributed by atoms with E-state index in [1.165, 1.54) is 6.21 Å². The number of rotatable bonds is 4. The maximum Gasteiger partial charge on any atom is 0.288 e. The topological polar surface area (TPSA) is 57.2 Å². The van der Waals surface area contributed by atoms with Crippen LogP contribution in [0.4, 0.5) is 0 Å². The Kier molecular flexibility index (Phi) is 5.15. The molecule has 1 heterocycles. The third kappa shape index (κ3) is 3.65. The van der Waals surface area contributed by atoms with Crippen LogP contribution in [0.25, 0.3) is 22.0 Å². The van der Waals surface area contributed by atoms with Crippen LogP contribution in [0, 0.1) is 0 Å². The highest BCUT2D eigenvalue weighted by molar-refractivity contribution is 6.33. The lowest BCUT2D eigenvalue weighted by molar-refractivity contribution is 0.0951. The summed E-state index contributed by atoms with van der Waals surface area (Å²) in [7, 11) is 0. The van der Waals surface area contributed by atoms with E-state index in [4.69, 9.17) is 23.2 Å². The van der Waals surface area contributed by atoms with Crippen LogP contribution in [0.1, 0.15) is 16.1 Å². The largest absolute Gasteiger partial charge is 0.350 e. The molecule has 4 nitrogen and oxygen atoms in total. The summed E-state index contributed by atoms with van der Waals surface area (Å²) in [6.07, 6.45) is 1.52. The molecule has 0 aliphatic heterocycles. The summed E-state index contributed by atoms with van der Waals surface area (Å²) >= 11 is 12.3. The highest BCUT2D eigenvalue weighted by atomic mass is 35.5. The Labute approximate surface area is 171 Å². The highest BCUT2D eigenvalue weighted by Gasteiger charge is 2.19. The molecule has 4 aromatic rings. The van der Waals surface area contributed by atoms with Gasteiger partial charge >= 0.3 is 0 Å². The number of benzene rings is 3. The number of H-pyrrole nitrogens is 1. The first-order valence-electron chi connectivity index (χ1n) is 8.58. The van der Waals surface area contributed by atoms with Gasteiger partial charge in [0.15, 0.2) is 0 Å². The molecule has 1 aromatic heterocycles. The number of hydrazone groups is 1. The number of aromatic nitrogens is 1. The second-order valence-electron chi connectivity index (χ2n) is 6.15. The van der Waals surface area contributed by atoms with E-state index in [1.54, 1.807) is 12.1 Å². The van der Waals surface area contributed by atoms with Gasteiger partial charge in [-0.25, -0.2) is 5.43 Å². The Hall–Kier alpha value is -3.08. The number of carbonyl (C=O) groups is 1. The lowest BCUT2D eigenvalue weighted by Crippen LogP contribution is -2.18. The minimum Gasteiger partial charge on any atom is -0.350 e. The molecule has 2 N–H and O–H groups in total. The van der Waals surface area contributed by atoms with Gasteiger partial charge in [0.1, 0.15) is 5.69 Å². The second-order valence-corrected chi connectivity index (χ2v) is 7.00. The van der Waals surface area contributed by atoms with Crippen molar-refractivity contribution in [1.29, 1.82) is 0 Å². The third-order valence-corrected chi connectivity index (χ3v) is 4.90. The smallest absolute Gasteiger partial charge is 0.288 e. The molecule has 0 spiro atoms. The van der Waals surface area contributed by atoms with Gasteiger partial charge in [-0.1, -0.05) is 71.7 Å². The Morgan fingerprint density at radius 1 is 0.964 bits per heavy atom. The van der Waals surface area contributed by atoms with Crippen molar-refractivity contribution >= 4 is 46.2 Å². The van der Waals surface area contributed by atoms with Gasteiger partial charge in [-0.15, -0.1) is 0 Å². The zero-order valence-corrected chi connectivity index (χ0v) is 16.1. The number of nitrogens with one attached hydrogen (secondary N) is 2. The lowest BCUT2D eigenvalue weighted by atomic mass is 10.0. The van der Waals surface area contributed by atoms with Gasteiger partial charge in [0, 0.05) is 32.1 Å². The molecule has 6 heteroatoms. The van der Waals surface area contributed by atoms with E-state index in [1.807, 2.05) is 60.7 Å². The van der Waals surface area contributed by atoms with Gasteiger partial charge in [-0.05, 0) is 29.8 Å². The normalized spacial score (nSPS) is 11.2. The van der Waals surface area contributed by atoms with Crippen molar-refractivity contribution in [2.75, 3.05) is 0 Å². The maximum absolute atomic E-state index is 12.8. The minimum absolute atomic E-state index is 0.352. The van der Waals surface area contributed by atoms with Gasteiger partial charge in [0.05, 0.1) is 6.21 Å². The lowest BCUT2D eigenvalue weighted by Gasteiger charge is -2.04. The molecule has 0 saturated carbocycles. The molecule has 0 aliphatic rings. The molecular weight excluding hydrogens is 393 g/mol. The summed E-state index contributed by atoms with van der Waals surface area (Å²) in [6, 6.07) is 22.4. The van der Waals surface area contributed by atoms with Crippen molar-refractivity contribution in [3.63, 3.8) is 0 Å². The summed E-state index contributed by atoms with van der Waals surface area (Å²) < 4.78 is 0. The molecule has 3 aromatic carbocycles. The van der Waals surface area contributed by atoms with Crippen molar-refractivity contribution in [3.8, 4) is 11.1 Å². The molecule has 0 unspecified atom stereocenters. The summed E-state index contributed by atoms with van der Waals surface area (Å²) in [5.41, 5.74) is 6.22. The van der Waals surface area contributed by atoms with Gasteiger partial charge in [0.25, 0.3) is 5.91 Å². The predicted octanol–water partition coefficient (Wildman–Crippen LogP) is 5.91. The molecule has 4 rings (SSSR count). The molecule has 28 heavy (non-hydrogen) atoms. The van der Waals surface area contributed by atoms with E-state index in [2.05, 4.69) is 15.5 Å². The van der Waals surface area contributed by atoms with Crippen molar-refractivity contribution < 1.29 is 4.79 Å². The summed E-state index contributed by atoms with van der Waals surface area (Å²) in [4.78, 5) is 16.0. The predicted molar refractivity (Wildman–Crippen MR) is 115 cm³/mol. The number of hydrogen-bond acceptors (Lipinski definition) is 2. The van der Waals surface area contributed by atoms with E-state index in [0.717, 1.165) is 27.6 Å². The Morgan fingerprint density at radius 2 is 1.71 bits per heavy atom. The van der Waals surface area contributed by atoms with Crippen LogP contribution >= 0.6 is 23.2 Å². The monoisotopic (exact) mass is 407 g/mol. The van der Waals surface area contributed by atoms with Gasteiger partial charge in [0.2, 0.25) is 0 Å². The Balaban J connectivity index is 1.72. The van der Waals surface area contributed by atoms with Gasteiger partial charge in [-0.2, -0.15) is 5.10 Å². The van der Waals surface area contributed by atoms with E-state index in [0.29, 0.717) is 15.7 Å². The zero-order valence-electron chi connectivity index (χ0n) is 14.6. The number of nitrogens with zero attached hydrogens (tertiary/aromatic N) is 1. The second kappa shape index (κ2) is 7.89. The number of amides is 1. The van der Waals surface area contributed by atoms with Gasteiger partial charge in [-0.3, -0.25) is 4.79 Å². The molecule has 0 bridgehead atoms. The fraction of sp³-hybridized carbons (Fsp3) is 0. The van der Waals surface area contributed by atoms with E-state index in [-0.39, 0.29) is 5.91 Å². The molecule has 0 fully saturated rings. The minimum atomic E-state index is -0.352. The van der Waals surface area contributed by atoms with E-state index >= 15 is 0 Å². The molecular formula is C22H15Cl2N3O. The van der Waals surface area contributed by atoms with E-state index in [9.17, 15) is 4.79 Å². The summed E-state index contributed by atoms with van der Waals surface area (Å²) in [6.45, 7) is 0. The van der Waals surface area contributed by atoms with Crippen LogP contribution in [0.3, 0.4) is 0 Å². The number of aromatic amines is 1. The number of halogens is 2. The molecule has 0 aliphatic carbocycles. The maximum atomic E-state index is 12.8. The van der Waals surface area contributed by atoms with Crippen LogP contribution < -0.4 is 5.43 Å². The number of fused-ring (bicyclic) bond motifs is 1. The highest BCUT2D eigenvalue weighted by Crippen LogP contribution is 2.34. The standard InChI is InChI=1S/C22H15Cl2N3O/c23-16-10-11-19-17(12-16)20(14-6-2-1-3-7-14)21(26-19)22(28)27-25-13-15-8-4-5-9-18(15)24/h1-13,26H,(H,27,28). The first-order valence-corrected chi connectivity index (χ1v) is 9.33. The van der Waals surface area contributed by atoms with Crippen LogP contribution in [0.2, 0.25) is 10.0 Å². The number of carbonyl (C=O) groups excluding carboxylic acids is 1. The molecule has 138 valence electrons. The van der Waals surface area contributed by atoms with Crippen LogP contribution in [-0.2, 0) is 0 Å². The van der Waals surface area contributed by atoms with Gasteiger partial charge < -0.3 is 4.98 Å². The van der Waals surface area contributed by atoms with E-state index < -0.39 is 0 Å². The SMILES string of the molecule is O=C(NN=Cc1ccccc1Cl)c1[nH]c2ccc(Cl)cc2c1-c1ccccc1. The zero-order chi connectivity index (χ0) is 19.5. The average molecular weight is 408 g/mol. The van der Waals surface area contributed by atoms with Crippen molar-refractivity contribution in [3.05, 3.63) is 94.1 Å². The fourth-order valence-electron chi connectivity index (χ4n) is 3.04. The first kappa shape index (κ1) is 18.3. The van der Waals surface area contributed by atoms with Crippen LogP contribution in [0.15, 0.2) is 77.9 Å². The summed E-state index contributed by atoms with van der Waals surface area (Å²) in [5, 5.41) is 6.09. The van der Waals surface area contributed by atoms with Crippen molar-refractivity contribution in [2.24, 2.45) is 5.10 Å². The Morgan fingerprint density at radius 3 is 2.50 bits per heavy atom. The quantitative estimate of drug-likeness (QED) is 0.320. The molecule has 1 amide bonds. The summed E-state index contributed by atoms with van der Waals surface area (Å²) in [5.74, 6) is -0.352. The van der Waals surface area contributed by atoms with Crippen LogP contribution in [0.5, 0.6) is 0 Å². The van der Waals surface area contributed by atoms with Crippen molar-refractivity contribution in [2.45, 2.75) is 0 Å².